The highest BCUT2D eigenvalue weighted by Crippen LogP contribution is 2.31. The van der Waals surface area contributed by atoms with Crippen molar-refractivity contribution < 1.29 is 53.1 Å². The molecule has 1 amide bonds. The Morgan fingerprint density at radius 2 is 1.38 bits per heavy atom. The number of ether oxygens (including phenoxy) is 5. The van der Waals surface area contributed by atoms with Gasteiger partial charge in [0.15, 0.2) is 18.3 Å². The fourth-order valence-corrected chi connectivity index (χ4v) is 3.42. The maximum Gasteiger partial charge on any atom is 0.303 e. The van der Waals surface area contributed by atoms with Crippen molar-refractivity contribution in [2.45, 2.75) is 71.0 Å². The van der Waals surface area contributed by atoms with Gasteiger partial charge in [-0.2, -0.15) is 0 Å². The third-order valence-corrected chi connectivity index (χ3v) is 4.65. The summed E-state index contributed by atoms with van der Waals surface area (Å²) in [5.41, 5.74) is 0.532. The predicted octanol–water partition coefficient (Wildman–Crippen LogP) is 1.53. The van der Waals surface area contributed by atoms with Crippen LogP contribution in [-0.2, 0) is 47.7 Å². The van der Waals surface area contributed by atoms with Crippen LogP contribution in [0.15, 0.2) is 30.3 Å². The monoisotopic (exact) mass is 483 g/mol. The smallest absolute Gasteiger partial charge is 0.303 e. The molecule has 0 aliphatic carbocycles. The number of nitrogens with one attached hydrogen (secondary N) is 1. The van der Waals surface area contributed by atoms with Crippen molar-refractivity contribution >= 4 is 35.5 Å². The van der Waals surface area contributed by atoms with Gasteiger partial charge in [-0.05, 0) is 18.6 Å². The van der Waals surface area contributed by atoms with E-state index in [4.69, 9.17) is 29.2 Å². The number of rotatable bonds is 9. The zero-order chi connectivity index (χ0) is 28.1. The van der Waals surface area contributed by atoms with Crippen LogP contribution in [0.3, 0.4) is 0 Å². The van der Waals surface area contributed by atoms with Gasteiger partial charge in [0.2, 0.25) is 5.91 Å². The van der Waals surface area contributed by atoms with Gasteiger partial charge in [0, 0.05) is 45.2 Å². The molecule has 0 radical (unpaired) electrons. The fourth-order valence-electron chi connectivity index (χ4n) is 3.42. The highest BCUT2D eigenvalue weighted by atomic mass is 16.7. The Bertz CT molecular complexity index is 967. The zero-order valence-corrected chi connectivity index (χ0v) is 18.3. The topological polar surface area (TPSA) is 144 Å². The largest absolute Gasteiger partial charge is 0.463 e. The molecule has 1 aliphatic rings. The van der Waals surface area contributed by atoms with E-state index in [1.165, 1.54) is 0 Å². The molecule has 11 heteroatoms. The minimum atomic E-state index is -1.57. The van der Waals surface area contributed by atoms with E-state index in [1.807, 2.05) is 0 Å². The summed E-state index contributed by atoms with van der Waals surface area (Å²) >= 11 is 0. The summed E-state index contributed by atoms with van der Waals surface area (Å²) in [6.07, 6.45) is -7.33. The molecule has 1 heterocycles. The summed E-state index contributed by atoms with van der Waals surface area (Å²) in [6, 6.07) is 8.57. The van der Waals surface area contributed by atoms with E-state index < -0.39 is 94.5 Å². The Labute approximate surface area is 202 Å². The standard InChI is InChI=1S/C23H29NO10/c1-13(25)30-12-19-22(32-15(3)27)23(33-16(4)28)21(31-14(2)26)18(34-19)10-11-20(29)24-17-8-6-5-7-9-17/h5-9,18-19,21-23H,10-12H2,1-4H3,(H,24,29)/t18?,19-,21+,22-,23-/m1/s1/i1D,2D,3D,4D. The number of carbonyl (C=O) groups excluding carboxylic acids is 5. The third kappa shape index (κ3) is 8.47. The van der Waals surface area contributed by atoms with Crippen LogP contribution < -0.4 is 5.32 Å². The number of benzene rings is 1. The fraction of sp³-hybridized carbons (Fsp3) is 0.522. The zero-order valence-electron chi connectivity index (χ0n) is 22.3. The lowest BCUT2D eigenvalue weighted by molar-refractivity contribution is -0.253. The molecule has 1 fully saturated rings. The Hall–Kier alpha value is -3.47. The van der Waals surface area contributed by atoms with E-state index in [2.05, 4.69) is 5.32 Å². The summed E-state index contributed by atoms with van der Waals surface area (Å²) in [5, 5.41) is 2.68. The van der Waals surface area contributed by atoms with E-state index in [0.29, 0.717) is 5.69 Å². The van der Waals surface area contributed by atoms with Crippen molar-refractivity contribution in [2.75, 3.05) is 11.9 Å². The third-order valence-electron chi connectivity index (χ3n) is 4.65. The van der Waals surface area contributed by atoms with Crippen LogP contribution in [0.4, 0.5) is 5.69 Å². The van der Waals surface area contributed by atoms with Crippen LogP contribution in [-0.4, -0.2) is 66.9 Å². The molecule has 0 saturated carbocycles. The van der Waals surface area contributed by atoms with Gasteiger partial charge in [-0.3, -0.25) is 24.0 Å². The molecule has 5 atom stereocenters. The van der Waals surface area contributed by atoms with Crippen LogP contribution in [0.25, 0.3) is 0 Å². The van der Waals surface area contributed by atoms with Crippen molar-refractivity contribution in [1.82, 2.24) is 0 Å². The second-order valence-corrected chi connectivity index (χ2v) is 7.21. The Morgan fingerprint density at radius 3 is 1.97 bits per heavy atom. The summed E-state index contributed by atoms with van der Waals surface area (Å²) in [7, 11) is 0. The molecule has 0 bridgehead atoms. The average Bonchev–Trinajstić information content (AvgIpc) is 2.93. The van der Waals surface area contributed by atoms with E-state index in [9.17, 15) is 24.0 Å². The first kappa shape index (κ1) is 21.1. The Balaban J connectivity index is 2.36. The van der Waals surface area contributed by atoms with Crippen molar-refractivity contribution in [1.29, 1.82) is 0 Å². The number of carbonyl (C=O) groups is 5. The van der Waals surface area contributed by atoms with E-state index in [-0.39, 0.29) is 12.8 Å². The van der Waals surface area contributed by atoms with Gasteiger partial charge in [-0.1, -0.05) is 18.2 Å². The molecule has 11 nitrogen and oxygen atoms in total. The van der Waals surface area contributed by atoms with E-state index in [0.717, 1.165) is 0 Å². The summed E-state index contributed by atoms with van der Waals surface area (Å²) < 4.78 is 55.7. The number of hydrogen-bond acceptors (Lipinski definition) is 10. The van der Waals surface area contributed by atoms with Crippen LogP contribution in [0.2, 0.25) is 0 Å². The summed E-state index contributed by atoms with van der Waals surface area (Å²) in [4.78, 5) is 60.3. The molecule has 1 saturated heterocycles. The minimum absolute atomic E-state index is 0.106. The van der Waals surface area contributed by atoms with Crippen LogP contribution in [0, 0.1) is 0 Å². The van der Waals surface area contributed by atoms with Crippen LogP contribution in [0.1, 0.15) is 45.9 Å². The summed E-state index contributed by atoms with van der Waals surface area (Å²) in [5.74, 6) is -4.52. The second-order valence-electron chi connectivity index (χ2n) is 7.21. The molecule has 34 heavy (non-hydrogen) atoms. The van der Waals surface area contributed by atoms with Crippen LogP contribution in [0.5, 0.6) is 0 Å². The quantitative estimate of drug-likeness (QED) is 0.406. The Kier molecular flexibility index (Phi) is 7.87. The van der Waals surface area contributed by atoms with Gasteiger partial charge in [0.25, 0.3) is 0 Å². The number of hydrogen-bond donors (Lipinski definition) is 1. The molecule has 1 aromatic rings. The van der Waals surface area contributed by atoms with Gasteiger partial charge in [-0.25, -0.2) is 0 Å². The Morgan fingerprint density at radius 1 is 0.824 bits per heavy atom. The first-order chi connectivity index (χ1) is 18.2. The lowest BCUT2D eigenvalue weighted by Crippen LogP contribution is -2.62. The van der Waals surface area contributed by atoms with Crippen molar-refractivity contribution in [3.8, 4) is 0 Å². The van der Waals surface area contributed by atoms with Gasteiger partial charge in [0.1, 0.15) is 12.7 Å². The molecular weight excluding hydrogens is 450 g/mol. The first-order valence-corrected chi connectivity index (χ1v) is 10.1. The van der Waals surface area contributed by atoms with Gasteiger partial charge >= 0.3 is 23.9 Å². The molecular formula is C23H29NO10. The number of amides is 1. The van der Waals surface area contributed by atoms with Crippen molar-refractivity contribution in [2.24, 2.45) is 0 Å². The molecule has 1 aromatic carbocycles. The van der Waals surface area contributed by atoms with Crippen LogP contribution >= 0.6 is 0 Å². The number of para-hydroxylation sites is 1. The van der Waals surface area contributed by atoms with E-state index >= 15 is 0 Å². The van der Waals surface area contributed by atoms with Gasteiger partial charge in [0.05, 0.1) is 6.10 Å². The maximum atomic E-state index is 12.5. The van der Waals surface area contributed by atoms with E-state index in [1.54, 1.807) is 30.3 Å². The molecule has 1 unspecified atom stereocenters. The lowest BCUT2D eigenvalue weighted by atomic mass is 9.91. The normalized spacial score (nSPS) is 25.4. The first-order valence-electron chi connectivity index (χ1n) is 13.0. The molecule has 2 rings (SSSR count). The second kappa shape index (κ2) is 12.7. The number of anilines is 1. The van der Waals surface area contributed by atoms with Gasteiger partial charge < -0.3 is 29.0 Å². The molecule has 186 valence electrons. The predicted molar refractivity (Wildman–Crippen MR) is 116 cm³/mol. The molecule has 0 aromatic heterocycles. The van der Waals surface area contributed by atoms with Gasteiger partial charge in [-0.15, -0.1) is 0 Å². The van der Waals surface area contributed by atoms with Crippen molar-refractivity contribution in [3.05, 3.63) is 30.3 Å². The highest BCUT2D eigenvalue weighted by Gasteiger charge is 2.51. The SMILES string of the molecule is [2H]CC(=O)OC[C@H]1OC(CCC(=O)Nc2ccccc2)[C@H](OC(=O)C[2H])[C@@H](OC(=O)C[2H])[C@@H]1OC(=O)C[2H]. The highest BCUT2D eigenvalue weighted by molar-refractivity contribution is 5.90. The molecule has 1 N–H and O–H groups in total. The van der Waals surface area contributed by atoms with Crippen molar-refractivity contribution in [3.63, 3.8) is 0 Å². The number of esters is 4. The maximum absolute atomic E-state index is 12.5. The lowest BCUT2D eigenvalue weighted by Gasteiger charge is -2.44. The molecule has 1 aliphatic heterocycles. The average molecular weight is 484 g/mol. The molecule has 0 spiro atoms. The minimum Gasteiger partial charge on any atom is -0.463 e. The summed E-state index contributed by atoms with van der Waals surface area (Å²) in [6.45, 7) is -3.74.